The Hall–Kier alpha value is -2.59. The minimum Gasteiger partial charge on any atom is -0.358 e. The summed E-state index contributed by atoms with van der Waals surface area (Å²) in [5.41, 5.74) is 5.50. The standard InChI is InChI=1S/C26H33N3O/c1-19(30)27-18-15-23-22-11-7-8-12-24(22)28-25(23)20-13-16-26(17-14-20,29(2)3)21-9-5-4-6-10-21/h4-12,20,28H,13-18H2,1-3H3,(H,27,30). The first-order chi connectivity index (χ1) is 14.5. The topological polar surface area (TPSA) is 48.1 Å². The predicted molar refractivity (Wildman–Crippen MR) is 124 cm³/mol. The maximum Gasteiger partial charge on any atom is 0.216 e. The van der Waals surface area contributed by atoms with Gasteiger partial charge in [0.25, 0.3) is 0 Å². The van der Waals surface area contributed by atoms with Crippen LogP contribution in [-0.2, 0) is 16.8 Å². The molecule has 3 aromatic rings. The van der Waals surface area contributed by atoms with Gasteiger partial charge in [0.15, 0.2) is 0 Å². The van der Waals surface area contributed by atoms with E-state index in [1.807, 2.05) is 0 Å². The molecule has 1 saturated carbocycles. The summed E-state index contributed by atoms with van der Waals surface area (Å²) in [6, 6.07) is 19.5. The fourth-order valence-corrected chi connectivity index (χ4v) is 5.33. The molecular formula is C26H33N3O. The van der Waals surface area contributed by atoms with Crippen LogP contribution < -0.4 is 5.32 Å². The van der Waals surface area contributed by atoms with Gasteiger partial charge in [-0.15, -0.1) is 0 Å². The van der Waals surface area contributed by atoms with E-state index in [1.54, 1.807) is 6.92 Å². The van der Waals surface area contributed by atoms with Crippen LogP contribution >= 0.6 is 0 Å². The Bertz CT molecular complexity index is 998. The predicted octanol–water partition coefficient (Wildman–Crippen LogP) is 4.96. The SMILES string of the molecule is CC(=O)NCCc1c(C2CCC(c3ccccc3)(N(C)C)CC2)[nH]c2ccccc12. The molecule has 1 aliphatic rings. The molecular weight excluding hydrogens is 370 g/mol. The minimum atomic E-state index is 0.0349. The van der Waals surface area contributed by atoms with E-state index in [-0.39, 0.29) is 11.4 Å². The number of benzene rings is 2. The molecule has 4 heteroatoms. The van der Waals surface area contributed by atoms with E-state index >= 15 is 0 Å². The monoisotopic (exact) mass is 403 g/mol. The number of hydrogen-bond donors (Lipinski definition) is 2. The number of nitrogens with one attached hydrogen (secondary N) is 2. The van der Waals surface area contributed by atoms with Gasteiger partial charge >= 0.3 is 0 Å². The van der Waals surface area contributed by atoms with Gasteiger partial charge in [-0.2, -0.15) is 0 Å². The molecule has 0 bridgehead atoms. The summed E-state index contributed by atoms with van der Waals surface area (Å²) < 4.78 is 0. The lowest BCUT2D eigenvalue weighted by atomic mass is 9.70. The first-order valence-electron chi connectivity index (χ1n) is 11.1. The molecule has 4 nitrogen and oxygen atoms in total. The van der Waals surface area contributed by atoms with Crippen molar-refractivity contribution in [3.05, 3.63) is 71.4 Å². The van der Waals surface area contributed by atoms with E-state index in [2.05, 4.69) is 83.9 Å². The van der Waals surface area contributed by atoms with Gasteiger partial charge in [0.2, 0.25) is 5.91 Å². The molecule has 1 aromatic heterocycles. The first kappa shape index (κ1) is 20.7. The van der Waals surface area contributed by atoms with E-state index in [0.29, 0.717) is 12.5 Å². The van der Waals surface area contributed by atoms with Crippen molar-refractivity contribution in [2.45, 2.75) is 50.5 Å². The minimum absolute atomic E-state index is 0.0349. The van der Waals surface area contributed by atoms with Crippen molar-refractivity contribution in [3.8, 4) is 0 Å². The first-order valence-corrected chi connectivity index (χ1v) is 11.1. The van der Waals surface area contributed by atoms with Crippen molar-refractivity contribution in [3.63, 3.8) is 0 Å². The fraction of sp³-hybridized carbons (Fsp3) is 0.423. The lowest BCUT2D eigenvalue weighted by Gasteiger charge is -2.45. The van der Waals surface area contributed by atoms with E-state index in [4.69, 9.17) is 0 Å². The molecule has 0 radical (unpaired) electrons. The molecule has 30 heavy (non-hydrogen) atoms. The third kappa shape index (κ3) is 3.89. The van der Waals surface area contributed by atoms with Crippen LogP contribution in [0.4, 0.5) is 0 Å². The van der Waals surface area contributed by atoms with Crippen molar-refractivity contribution in [2.75, 3.05) is 20.6 Å². The van der Waals surface area contributed by atoms with E-state index < -0.39 is 0 Å². The quantitative estimate of drug-likeness (QED) is 0.611. The third-order valence-electron chi connectivity index (χ3n) is 6.98. The van der Waals surface area contributed by atoms with Crippen molar-refractivity contribution in [1.82, 2.24) is 15.2 Å². The third-order valence-corrected chi connectivity index (χ3v) is 6.98. The molecule has 0 atom stereocenters. The number of fused-ring (bicyclic) bond motifs is 1. The molecule has 1 aliphatic carbocycles. The van der Waals surface area contributed by atoms with Gasteiger partial charge in [0.05, 0.1) is 0 Å². The normalized spacial score (nSPS) is 21.8. The average Bonchev–Trinajstić information content (AvgIpc) is 3.13. The maximum atomic E-state index is 11.4. The highest BCUT2D eigenvalue weighted by molar-refractivity contribution is 5.85. The Morgan fingerprint density at radius 3 is 2.40 bits per heavy atom. The Kier molecular flexibility index (Phi) is 5.96. The second-order valence-electron chi connectivity index (χ2n) is 8.86. The molecule has 158 valence electrons. The average molecular weight is 404 g/mol. The number of aromatic amines is 1. The Morgan fingerprint density at radius 2 is 1.73 bits per heavy atom. The number of rotatable bonds is 6. The highest BCUT2D eigenvalue weighted by atomic mass is 16.1. The van der Waals surface area contributed by atoms with Crippen LogP contribution in [0.25, 0.3) is 10.9 Å². The summed E-state index contributed by atoms with van der Waals surface area (Å²) in [5, 5.41) is 4.27. The smallest absolute Gasteiger partial charge is 0.216 e. The highest BCUT2D eigenvalue weighted by Gasteiger charge is 2.39. The van der Waals surface area contributed by atoms with Gasteiger partial charge in [0.1, 0.15) is 0 Å². The fourth-order valence-electron chi connectivity index (χ4n) is 5.33. The van der Waals surface area contributed by atoms with Gasteiger partial charge in [-0.05, 0) is 69.3 Å². The van der Waals surface area contributed by atoms with Crippen molar-refractivity contribution in [1.29, 1.82) is 0 Å². The Morgan fingerprint density at radius 1 is 1.07 bits per heavy atom. The zero-order valence-corrected chi connectivity index (χ0v) is 18.4. The molecule has 1 fully saturated rings. The Balaban J connectivity index is 1.60. The van der Waals surface area contributed by atoms with Gasteiger partial charge < -0.3 is 10.3 Å². The van der Waals surface area contributed by atoms with Crippen LogP contribution in [0.5, 0.6) is 0 Å². The summed E-state index contributed by atoms with van der Waals surface area (Å²) in [6.45, 7) is 2.27. The highest BCUT2D eigenvalue weighted by Crippen LogP contribution is 2.47. The number of hydrogen-bond acceptors (Lipinski definition) is 2. The van der Waals surface area contributed by atoms with Crippen molar-refractivity contribution < 1.29 is 4.79 Å². The molecule has 1 amide bonds. The summed E-state index contributed by atoms with van der Waals surface area (Å²) in [4.78, 5) is 17.5. The Labute approximate surface area is 179 Å². The molecule has 1 heterocycles. The van der Waals surface area contributed by atoms with Gasteiger partial charge in [-0.1, -0.05) is 48.5 Å². The van der Waals surface area contributed by atoms with Crippen molar-refractivity contribution >= 4 is 16.8 Å². The molecule has 2 aromatic carbocycles. The summed E-state index contributed by atoms with van der Waals surface area (Å²) in [5.74, 6) is 0.564. The van der Waals surface area contributed by atoms with E-state index in [0.717, 1.165) is 32.1 Å². The lowest BCUT2D eigenvalue weighted by molar-refractivity contribution is -0.118. The maximum absolute atomic E-state index is 11.4. The van der Waals surface area contributed by atoms with Crippen LogP contribution in [-0.4, -0.2) is 36.4 Å². The molecule has 0 saturated heterocycles. The largest absolute Gasteiger partial charge is 0.358 e. The zero-order chi connectivity index (χ0) is 21.1. The second kappa shape index (κ2) is 8.65. The van der Waals surface area contributed by atoms with E-state index in [9.17, 15) is 4.79 Å². The molecule has 0 aliphatic heterocycles. The van der Waals surface area contributed by atoms with E-state index in [1.165, 1.54) is 27.7 Å². The summed E-state index contributed by atoms with van der Waals surface area (Å²) in [6.07, 6.45) is 5.48. The van der Waals surface area contributed by atoms with Gasteiger partial charge in [-0.25, -0.2) is 0 Å². The van der Waals surface area contributed by atoms with Crippen molar-refractivity contribution in [2.24, 2.45) is 0 Å². The number of carbonyl (C=O) groups excluding carboxylic acids is 1. The van der Waals surface area contributed by atoms with Crippen LogP contribution in [0.15, 0.2) is 54.6 Å². The summed E-state index contributed by atoms with van der Waals surface area (Å²) in [7, 11) is 4.43. The number of para-hydroxylation sites is 1. The van der Waals surface area contributed by atoms with Gasteiger partial charge in [-0.3, -0.25) is 9.69 Å². The number of nitrogens with zero attached hydrogens (tertiary/aromatic N) is 1. The van der Waals surface area contributed by atoms with Crippen LogP contribution in [0.3, 0.4) is 0 Å². The lowest BCUT2D eigenvalue weighted by Crippen LogP contribution is -2.44. The zero-order valence-electron chi connectivity index (χ0n) is 18.4. The number of H-pyrrole nitrogens is 1. The second-order valence-corrected chi connectivity index (χ2v) is 8.86. The number of carbonyl (C=O) groups is 1. The molecule has 2 N–H and O–H groups in total. The van der Waals surface area contributed by atoms with Crippen LogP contribution in [0, 0.1) is 0 Å². The van der Waals surface area contributed by atoms with Crippen LogP contribution in [0.2, 0.25) is 0 Å². The molecule has 4 rings (SSSR count). The van der Waals surface area contributed by atoms with Crippen LogP contribution in [0.1, 0.15) is 55.3 Å². The number of amides is 1. The van der Waals surface area contributed by atoms with Gasteiger partial charge in [0, 0.05) is 35.6 Å². The summed E-state index contributed by atoms with van der Waals surface area (Å²) >= 11 is 0. The molecule has 0 spiro atoms. The molecule has 0 unspecified atom stereocenters. The number of aromatic nitrogens is 1.